The van der Waals surface area contributed by atoms with E-state index in [0.717, 1.165) is 161 Å². The molecule has 586 valence electrons. The van der Waals surface area contributed by atoms with Crippen LogP contribution in [0.4, 0.5) is 0 Å². The fraction of sp³-hybridized carbons (Fsp3) is 0.711. The van der Waals surface area contributed by atoms with Gasteiger partial charge in [0.25, 0.3) is 0 Å². The quantitative estimate of drug-likeness (QED) is 0.0169. The average molecular weight is 1470 g/mol. The van der Waals surface area contributed by atoms with E-state index in [0.29, 0.717) is 32.1 Å². The Balaban J connectivity index is 5.38. The Labute approximate surface area is 619 Å². The number of carbonyl (C=O) groups excluding carboxylic acids is 4. The third-order valence-electron chi connectivity index (χ3n) is 16.4. The van der Waals surface area contributed by atoms with Crippen molar-refractivity contribution in [2.24, 2.45) is 0 Å². The normalized spacial score (nSPS) is 14.5. The number of hydrogen-bond donors (Lipinski definition) is 3. The Kier molecular flexibility index (Phi) is 71.4. The molecule has 0 saturated heterocycles. The smallest absolute Gasteiger partial charge is 0.462 e. The Morgan fingerprint density at radius 3 is 0.843 bits per heavy atom. The molecule has 3 N–H and O–H groups in total. The van der Waals surface area contributed by atoms with E-state index in [1.165, 1.54) is 77.0 Å². The highest BCUT2D eigenvalue weighted by Gasteiger charge is 2.30. The number of aliphatic hydroxyl groups is 1. The van der Waals surface area contributed by atoms with E-state index in [9.17, 15) is 43.2 Å². The average Bonchev–Trinajstić information content (AvgIpc) is 0.944. The number of rotatable bonds is 74. The predicted molar refractivity (Wildman–Crippen MR) is 418 cm³/mol. The lowest BCUT2D eigenvalue weighted by Crippen LogP contribution is -2.30. The standard InChI is InChI=1S/C83H142O17P2/c1-5-9-13-17-21-25-29-32-35-37-38-40-43-45-49-52-56-60-64-68-80(85)93-73-78(99-82(87)69-65-61-57-53-47-28-24-20-16-12-8-4)75-97-101(89,90)95-71-77(84)72-96-102(91,92)98-76-79(100-83(88)70-66-62-58-54-50-46-41-34-31-27-23-19-15-11-7-3)74-94-81(86)67-63-59-55-51-48-44-42-39-36-33-30-26-22-18-14-10-6-2/h10,14,21-23,25-27,32-36,38,40-42,44,51,55,77-79,84H,5-9,11-13,15-20,24,28-31,37,39,43,45-50,52-54,56-76H2,1-4H3,(H,89,90)(H,91,92)/b14-10-,25-21-,26-22-,27-23-,35-32-,36-33-,40-38-,41-34-,44-42-,55-51-. The van der Waals surface area contributed by atoms with Crippen molar-refractivity contribution in [3.05, 3.63) is 122 Å². The molecule has 0 aliphatic rings. The largest absolute Gasteiger partial charge is 0.472 e. The molecule has 0 heterocycles. The van der Waals surface area contributed by atoms with E-state index in [-0.39, 0.29) is 25.7 Å². The van der Waals surface area contributed by atoms with Crippen molar-refractivity contribution in [1.29, 1.82) is 0 Å². The molecule has 0 bridgehead atoms. The Bertz CT molecular complexity index is 2410. The minimum absolute atomic E-state index is 0.0649. The van der Waals surface area contributed by atoms with Crippen molar-refractivity contribution < 1.29 is 80.2 Å². The zero-order valence-electron chi connectivity index (χ0n) is 64.0. The van der Waals surface area contributed by atoms with Crippen LogP contribution in [-0.4, -0.2) is 96.7 Å². The van der Waals surface area contributed by atoms with E-state index in [1.807, 2.05) is 12.2 Å². The monoisotopic (exact) mass is 1470 g/mol. The fourth-order valence-electron chi connectivity index (χ4n) is 10.4. The van der Waals surface area contributed by atoms with Crippen LogP contribution in [0.1, 0.15) is 323 Å². The Morgan fingerprint density at radius 2 is 0.520 bits per heavy atom. The van der Waals surface area contributed by atoms with Gasteiger partial charge in [-0.15, -0.1) is 0 Å². The van der Waals surface area contributed by atoms with Crippen LogP contribution < -0.4 is 0 Å². The van der Waals surface area contributed by atoms with Gasteiger partial charge in [0, 0.05) is 25.7 Å². The molecular weight excluding hydrogens is 1330 g/mol. The van der Waals surface area contributed by atoms with Crippen molar-refractivity contribution in [1.82, 2.24) is 0 Å². The predicted octanol–water partition coefficient (Wildman–Crippen LogP) is 23.1. The molecule has 5 atom stereocenters. The van der Waals surface area contributed by atoms with Gasteiger partial charge in [0.1, 0.15) is 19.3 Å². The van der Waals surface area contributed by atoms with Gasteiger partial charge in [-0.1, -0.05) is 284 Å². The van der Waals surface area contributed by atoms with Crippen LogP contribution in [0.2, 0.25) is 0 Å². The lowest BCUT2D eigenvalue weighted by molar-refractivity contribution is -0.161. The first-order chi connectivity index (χ1) is 49.7. The van der Waals surface area contributed by atoms with Crippen LogP contribution in [0.5, 0.6) is 0 Å². The minimum atomic E-state index is -4.99. The van der Waals surface area contributed by atoms with Gasteiger partial charge >= 0.3 is 39.5 Å². The van der Waals surface area contributed by atoms with Gasteiger partial charge in [-0.2, -0.15) is 0 Å². The van der Waals surface area contributed by atoms with Crippen LogP contribution >= 0.6 is 15.6 Å². The van der Waals surface area contributed by atoms with Gasteiger partial charge in [0.2, 0.25) is 0 Å². The molecule has 0 aromatic heterocycles. The van der Waals surface area contributed by atoms with Gasteiger partial charge in [0.15, 0.2) is 12.2 Å². The molecule has 17 nitrogen and oxygen atoms in total. The van der Waals surface area contributed by atoms with Crippen molar-refractivity contribution in [3.8, 4) is 0 Å². The number of phosphoric ester groups is 2. The molecule has 0 saturated carbocycles. The van der Waals surface area contributed by atoms with Crippen molar-refractivity contribution >= 4 is 39.5 Å². The molecular formula is C83H142O17P2. The first-order valence-electron chi connectivity index (χ1n) is 39.8. The highest BCUT2D eigenvalue weighted by molar-refractivity contribution is 7.47. The molecule has 0 spiro atoms. The maximum absolute atomic E-state index is 13.1. The lowest BCUT2D eigenvalue weighted by atomic mass is 10.1. The molecule has 5 unspecified atom stereocenters. The topological polar surface area (TPSA) is 237 Å². The maximum atomic E-state index is 13.1. The number of esters is 4. The van der Waals surface area contributed by atoms with Gasteiger partial charge in [0.05, 0.1) is 26.4 Å². The highest BCUT2D eigenvalue weighted by atomic mass is 31.2. The summed E-state index contributed by atoms with van der Waals surface area (Å²) in [4.78, 5) is 72.9. The van der Waals surface area contributed by atoms with E-state index in [1.54, 1.807) is 0 Å². The summed E-state index contributed by atoms with van der Waals surface area (Å²) in [6.45, 7) is 4.62. The summed E-state index contributed by atoms with van der Waals surface area (Å²) in [6.07, 6.45) is 81.9. The van der Waals surface area contributed by atoms with Crippen LogP contribution in [0, 0.1) is 0 Å². The fourth-order valence-corrected chi connectivity index (χ4v) is 11.9. The molecule has 0 fully saturated rings. The van der Waals surface area contributed by atoms with Crippen LogP contribution in [0.25, 0.3) is 0 Å². The molecule has 0 aliphatic carbocycles. The summed E-state index contributed by atoms with van der Waals surface area (Å²) in [5.74, 6) is -2.26. The lowest BCUT2D eigenvalue weighted by Gasteiger charge is -2.21. The van der Waals surface area contributed by atoms with E-state index in [2.05, 4.69) is 137 Å². The summed E-state index contributed by atoms with van der Waals surface area (Å²) in [5, 5.41) is 10.6. The number of carbonyl (C=O) groups is 4. The Hall–Kier alpha value is -4.54. The molecule has 0 aromatic carbocycles. The molecule has 102 heavy (non-hydrogen) atoms. The zero-order valence-corrected chi connectivity index (χ0v) is 65.8. The number of aliphatic hydroxyl groups excluding tert-OH is 1. The summed E-state index contributed by atoms with van der Waals surface area (Å²) in [6, 6.07) is 0. The van der Waals surface area contributed by atoms with Crippen LogP contribution in [-0.2, 0) is 65.4 Å². The summed E-state index contributed by atoms with van der Waals surface area (Å²) >= 11 is 0. The molecule has 0 aromatic rings. The van der Waals surface area contributed by atoms with Crippen molar-refractivity contribution in [2.45, 2.75) is 341 Å². The van der Waals surface area contributed by atoms with E-state index < -0.39 is 97.5 Å². The van der Waals surface area contributed by atoms with Gasteiger partial charge < -0.3 is 33.8 Å². The SMILES string of the molecule is CC/C=C\C/C=C\C/C=C\C/C=C\C/C=C\CCCC(=O)OCC(COP(=O)(O)OCC(O)COP(=O)(O)OCC(COC(=O)CCCCCCCC/C=C\C/C=C\C/C=C\CCCCC)OC(=O)CCCCCCCCCCCCC)OC(=O)CCCCCCC/C=C\C/C=C\CCCCC. The minimum Gasteiger partial charge on any atom is -0.462 e. The third kappa shape index (κ3) is 73.8. The van der Waals surface area contributed by atoms with Crippen molar-refractivity contribution in [2.75, 3.05) is 39.6 Å². The van der Waals surface area contributed by atoms with Crippen LogP contribution in [0.3, 0.4) is 0 Å². The molecule has 19 heteroatoms. The van der Waals surface area contributed by atoms with Gasteiger partial charge in [-0.3, -0.25) is 37.3 Å². The summed E-state index contributed by atoms with van der Waals surface area (Å²) < 4.78 is 68.5. The second-order valence-electron chi connectivity index (χ2n) is 26.3. The Morgan fingerprint density at radius 1 is 0.284 bits per heavy atom. The summed E-state index contributed by atoms with van der Waals surface area (Å²) in [5.41, 5.74) is 0. The highest BCUT2D eigenvalue weighted by Crippen LogP contribution is 2.45. The third-order valence-corrected chi connectivity index (χ3v) is 18.3. The first-order valence-corrected chi connectivity index (χ1v) is 42.8. The molecule has 0 aliphatic heterocycles. The number of ether oxygens (including phenoxy) is 4. The van der Waals surface area contributed by atoms with Gasteiger partial charge in [-0.25, -0.2) is 9.13 Å². The maximum Gasteiger partial charge on any atom is 0.472 e. The van der Waals surface area contributed by atoms with E-state index >= 15 is 0 Å². The molecule has 0 rings (SSSR count). The van der Waals surface area contributed by atoms with E-state index in [4.69, 9.17) is 37.0 Å². The van der Waals surface area contributed by atoms with Gasteiger partial charge in [-0.05, 0) is 135 Å². The number of phosphoric acid groups is 2. The number of unbranched alkanes of at least 4 members (excludes halogenated alkanes) is 28. The summed E-state index contributed by atoms with van der Waals surface area (Å²) in [7, 11) is -9.97. The van der Waals surface area contributed by atoms with Crippen molar-refractivity contribution in [3.63, 3.8) is 0 Å². The number of hydrogen-bond acceptors (Lipinski definition) is 15. The second kappa shape index (κ2) is 74.7. The first kappa shape index (κ1) is 97.5. The van der Waals surface area contributed by atoms with Crippen LogP contribution in [0.15, 0.2) is 122 Å². The number of allylic oxidation sites excluding steroid dienone is 20. The zero-order chi connectivity index (χ0) is 74.6. The molecule has 0 radical (unpaired) electrons. The molecule has 0 amide bonds. The second-order valence-corrected chi connectivity index (χ2v) is 29.2.